The Kier molecular flexibility index (Phi) is 4.04. The van der Waals surface area contributed by atoms with Crippen molar-refractivity contribution >= 4 is 0 Å². The first-order chi connectivity index (χ1) is 9.95. The van der Waals surface area contributed by atoms with Gasteiger partial charge >= 0.3 is 0 Å². The number of aryl methyl sites for hydroxylation is 1. The summed E-state index contributed by atoms with van der Waals surface area (Å²) >= 11 is 0. The van der Waals surface area contributed by atoms with Crippen molar-refractivity contribution in [1.29, 1.82) is 0 Å². The Hall–Kier alpha value is -0.960. The molecule has 1 aromatic heterocycles. The van der Waals surface area contributed by atoms with Crippen molar-refractivity contribution < 1.29 is 0 Å². The van der Waals surface area contributed by atoms with Gasteiger partial charge in [0.2, 0.25) is 0 Å². The van der Waals surface area contributed by atoms with Crippen LogP contribution in [-0.4, -0.2) is 9.97 Å². The molecular weight excluding hydrogens is 258 g/mol. The molecule has 0 spiro atoms. The van der Waals surface area contributed by atoms with Crippen LogP contribution in [0.5, 0.6) is 0 Å². The van der Waals surface area contributed by atoms with Gasteiger partial charge < -0.3 is 5.73 Å². The molecule has 116 valence electrons. The lowest BCUT2D eigenvalue weighted by Gasteiger charge is -2.36. The number of fused-ring (bicyclic) bond motifs is 1. The van der Waals surface area contributed by atoms with E-state index in [-0.39, 0.29) is 6.04 Å². The third kappa shape index (κ3) is 3.13. The average Bonchev–Trinajstić information content (AvgIpc) is 2.46. The minimum atomic E-state index is 0.152. The molecule has 3 nitrogen and oxygen atoms in total. The quantitative estimate of drug-likeness (QED) is 0.845. The fourth-order valence-corrected chi connectivity index (χ4v) is 4.01. The largest absolute Gasteiger partial charge is 0.324 e. The summed E-state index contributed by atoms with van der Waals surface area (Å²) in [7, 11) is 0. The van der Waals surface area contributed by atoms with Gasteiger partial charge in [0.15, 0.2) is 0 Å². The number of nitrogens with two attached hydrogens (primary N) is 1. The third-order valence-electron chi connectivity index (χ3n) is 5.56. The van der Waals surface area contributed by atoms with Gasteiger partial charge in [0.05, 0.1) is 0 Å². The van der Waals surface area contributed by atoms with E-state index in [0.29, 0.717) is 11.3 Å². The second-order valence-corrected chi connectivity index (χ2v) is 8.04. The summed E-state index contributed by atoms with van der Waals surface area (Å²) < 4.78 is 0. The van der Waals surface area contributed by atoms with Gasteiger partial charge in [-0.3, -0.25) is 0 Å². The van der Waals surface area contributed by atoms with Crippen molar-refractivity contribution in [1.82, 2.24) is 9.97 Å². The Bertz CT molecular complexity index is 496. The zero-order valence-electron chi connectivity index (χ0n) is 13.7. The molecule has 0 saturated heterocycles. The summed E-state index contributed by atoms with van der Waals surface area (Å²) in [5.74, 6) is 2.49. The highest BCUT2D eigenvalue weighted by Gasteiger charge is 2.31. The van der Waals surface area contributed by atoms with Gasteiger partial charge in [-0.25, -0.2) is 9.97 Å². The van der Waals surface area contributed by atoms with Crippen molar-refractivity contribution in [2.45, 2.75) is 77.7 Å². The summed E-state index contributed by atoms with van der Waals surface area (Å²) in [6, 6.07) is 0.152. The minimum absolute atomic E-state index is 0.152. The van der Waals surface area contributed by atoms with E-state index in [2.05, 4.69) is 25.8 Å². The van der Waals surface area contributed by atoms with Crippen LogP contribution in [0.3, 0.4) is 0 Å². The maximum absolute atomic E-state index is 6.16. The van der Waals surface area contributed by atoms with Crippen LogP contribution in [0.4, 0.5) is 0 Å². The predicted molar refractivity (Wildman–Crippen MR) is 86.1 cm³/mol. The number of hydrogen-bond donors (Lipinski definition) is 1. The Balaban J connectivity index is 1.71. The van der Waals surface area contributed by atoms with Crippen LogP contribution in [0.1, 0.15) is 88.3 Å². The molecule has 0 aliphatic heterocycles. The van der Waals surface area contributed by atoms with E-state index in [9.17, 15) is 0 Å². The van der Waals surface area contributed by atoms with E-state index in [0.717, 1.165) is 24.6 Å². The van der Waals surface area contributed by atoms with Gasteiger partial charge in [-0.2, -0.15) is 0 Å². The SMILES string of the molecule is CC(C)(C)C1CCC(c2ncc3c(n2)CCCC3N)CC1. The molecule has 0 amide bonds. The van der Waals surface area contributed by atoms with Crippen LogP contribution in [0.2, 0.25) is 0 Å². The Labute approximate surface area is 128 Å². The molecule has 1 heterocycles. The van der Waals surface area contributed by atoms with Crippen LogP contribution in [0.15, 0.2) is 6.20 Å². The molecule has 3 rings (SSSR count). The van der Waals surface area contributed by atoms with Crippen LogP contribution >= 0.6 is 0 Å². The molecule has 1 aromatic rings. The monoisotopic (exact) mass is 287 g/mol. The fourth-order valence-electron chi connectivity index (χ4n) is 4.01. The second-order valence-electron chi connectivity index (χ2n) is 8.04. The van der Waals surface area contributed by atoms with Crippen molar-refractivity contribution in [2.24, 2.45) is 17.1 Å². The van der Waals surface area contributed by atoms with Crippen LogP contribution in [0, 0.1) is 11.3 Å². The standard InChI is InChI=1S/C18H29N3/c1-18(2,3)13-9-7-12(8-10-13)17-20-11-14-15(19)5-4-6-16(14)21-17/h11-13,15H,4-10,19H2,1-3H3. The molecule has 1 atom stereocenters. The van der Waals surface area contributed by atoms with E-state index in [1.165, 1.54) is 43.4 Å². The average molecular weight is 287 g/mol. The van der Waals surface area contributed by atoms with E-state index >= 15 is 0 Å². The van der Waals surface area contributed by atoms with E-state index in [4.69, 9.17) is 10.7 Å². The number of rotatable bonds is 1. The third-order valence-corrected chi connectivity index (χ3v) is 5.56. The summed E-state index contributed by atoms with van der Waals surface area (Å²) in [5, 5.41) is 0. The lowest BCUT2D eigenvalue weighted by atomic mass is 9.69. The van der Waals surface area contributed by atoms with Crippen LogP contribution in [0.25, 0.3) is 0 Å². The Morgan fingerprint density at radius 2 is 1.81 bits per heavy atom. The Morgan fingerprint density at radius 3 is 2.48 bits per heavy atom. The molecule has 0 radical (unpaired) electrons. The molecule has 2 aliphatic rings. The number of nitrogens with zero attached hydrogens (tertiary/aromatic N) is 2. The summed E-state index contributed by atoms with van der Waals surface area (Å²) in [6.07, 6.45) is 10.4. The Morgan fingerprint density at radius 1 is 1.10 bits per heavy atom. The summed E-state index contributed by atoms with van der Waals surface area (Å²) in [6.45, 7) is 7.11. The van der Waals surface area contributed by atoms with E-state index in [1.54, 1.807) is 0 Å². The molecule has 2 N–H and O–H groups in total. The van der Waals surface area contributed by atoms with Crippen molar-refractivity contribution in [3.63, 3.8) is 0 Å². The fraction of sp³-hybridized carbons (Fsp3) is 0.778. The van der Waals surface area contributed by atoms with Crippen molar-refractivity contribution in [3.05, 3.63) is 23.3 Å². The molecule has 21 heavy (non-hydrogen) atoms. The maximum Gasteiger partial charge on any atom is 0.131 e. The molecule has 0 aromatic carbocycles. The zero-order chi connectivity index (χ0) is 15.0. The first-order valence-electron chi connectivity index (χ1n) is 8.56. The number of aromatic nitrogens is 2. The normalized spacial score (nSPS) is 30.0. The molecule has 1 fully saturated rings. The summed E-state index contributed by atoms with van der Waals surface area (Å²) in [4.78, 5) is 9.55. The predicted octanol–water partition coefficient (Wildman–Crippen LogP) is 4.13. The molecule has 2 aliphatic carbocycles. The zero-order valence-corrected chi connectivity index (χ0v) is 13.7. The highest BCUT2D eigenvalue weighted by molar-refractivity contribution is 5.24. The van der Waals surface area contributed by atoms with Gasteiger partial charge in [0, 0.05) is 29.4 Å². The first kappa shape index (κ1) is 15.0. The van der Waals surface area contributed by atoms with E-state index < -0.39 is 0 Å². The lowest BCUT2D eigenvalue weighted by Crippen LogP contribution is -2.26. The second kappa shape index (κ2) is 5.68. The van der Waals surface area contributed by atoms with Crippen LogP contribution < -0.4 is 5.73 Å². The van der Waals surface area contributed by atoms with Crippen molar-refractivity contribution in [3.8, 4) is 0 Å². The topological polar surface area (TPSA) is 51.8 Å². The maximum atomic E-state index is 6.16. The van der Waals surface area contributed by atoms with Crippen molar-refractivity contribution in [2.75, 3.05) is 0 Å². The highest BCUT2D eigenvalue weighted by Crippen LogP contribution is 2.42. The highest BCUT2D eigenvalue weighted by atomic mass is 14.9. The van der Waals surface area contributed by atoms with Gasteiger partial charge in [0.1, 0.15) is 5.82 Å². The molecule has 1 saturated carbocycles. The first-order valence-corrected chi connectivity index (χ1v) is 8.56. The smallest absolute Gasteiger partial charge is 0.131 e. The van der Waals surface area contributed by atoms with Gasteiger partial charge in [-0.05, 0) is 56.3 Å². The van der Waals surface area contributed by atoms with Gasteiger partial charge in [0.25, 0.3) is 0 Å². The lowest BCUT2D eigenvalue weighted by molar-refractivity contribution is 0.167. The minimum Gasteiger partial charge on any atom is -0.324 e. The molecule has 1 unspecified atom stereocenters. The van der Waals surface area contributed by atoms with Crippen LogP contribution in [-0.2, 0) is 6.42 Å². The molecular formula is C18H29N3. The van der Waals surface area contributed by atoms with Gasteiger partial charge in [-0.15, -0.1) is 0 Å². The van der Waals surface area contributed by atoms with Gasteiger partial charge in [-0.1, -0.05) is 20.8 Å². The summed E-state index contributed by atoms with van der Waals surface area (Å²) in [5.41, 5.74) is 9.01. The van der Waals surface area contributed by atoms with E-state index in [1.807, 2.05) is 6.20 Å². The number of hydrogen-bond acceptors (Lipinski definition) is 3. The molecule has 3 heteroatoms. The molecule has 0 bridgehead atoms.